The van der Waals surface area contributed by atoms with E-state index in [-0.39, 0.29) is 17.6 Å². The van der Waals surface area contributed by atoms with Gasteiger partial charge in [0.25, 0.3) is 5.91 Å². The van der Waals surface area contributed by atoms with Crippen molar-refractivity contribution in [2.45, 2.75) is 24.9 Å². The van der Waals surface area contributed by atoms with Gasteiger partial charge in [-0.3, -0.25) is 9.59 Å². The molecule has 0 spiro atoms. The SMILES string of the molecule is CCCCOc1ccc(C(=O)Nc2cccc(-c3nnc(SCC(=O)Nc4cc(OC)ccc4OC)n3C)c2)cc1. The third-order valence-electron chi connectivity index (χ3n) is 6.11. The summed E-state index contributed by atoms with van der Waals surface area (Å²) in [4.78, 5) is 25.5. The number of nitrogens with zero attached hydrogens (tertiary/aromatic N) is 3. The zero-order valence-electron chi connectivity index (χ0n) is 23.5. The molecular formula is C30H33N5O5S. The van der Waals surface area contributed by atoms with E-state index in [0.717, 1.165) is 24.2 Å². The number of ether oxygens (including phenoxy) is 3. The van der Waals surface area contributed by atoms with E-state index in [2.05, 4.69) is 27.8 Å². The highest BCUT2D eigenvalue weighted by atomic mass is 32.2. The molecule has 1 heterocycles. The highest BCUT2D eigenvalue weighted by Crippen LogP contribution is 2.30. The predicted molar refractivity (Wildman–Crippen MR) is 160 cm³/mol. The second kappa shape index (κ2) is 14.2. The largest absolute Gasteiger partial charge is 0.497 e. The number of anilines is 2. The molecule has 0 aliphatic heterocycles. The molecule has 10 nitrogen and oxygen atoms in total. The number of rotatable bonds is 13. The Morgan fingerprint density at radius 2 is 1.71 bits per heavy atom. The van der Waals surface area contributed by atoms with E-state index < -0.39 is 0 Å². The lowest BCUT2D eigenvalue weighted by Crippen LogP contribution is -2.15. The number of thioether (sulfide) groups is 1. The number of methoxy groups -OCH3 is 2. The normalized spacial score (nSPS) is 10.6. The summed E-state index contributed by atoms with van der Waals surface area (Å²) in [6.45, 7) is 2.77. The van der Waals surface area contributed by atoms with E-state index in [0.29, 0.717) is 46.0 Å². The number of amides is 2. The standard InChI is InChI=1S/C30H33N5O5S/c1-5-6-16-40-23-12-10-20(11-13-23)29(37)31-22-9-7-8-21(17-22)28-33-34-30(35(28)2)41-19-27(36)32-25-18-24(38-3)14-15-26(25)39-4/h7-15,17-18H,5-6,16,19H2,1-4H3,(H,31,37)(H,32,36). The Morgan fingerprint density at radius 1 is 0.927 bits per heavy atom. The smallest absolute Gasteiger partial charge is 0.255 e. The van der Waals surface area contributed by atoms with E-state index in [1.54, 1.807) is 49.6 Å². The second-order valence-corrected chi connectivity index (χ2v) is 9.97. The molecule has 11 heteroatoms. The van der Waals surface area contributed by atoms with Crippen LogP contribution in [0.5, 0.6) is 17.2 Å². The van der Waals surface area contributed by atoms with Gasteiger partial charge in [0.2, 0.25) is 5.91 Å². The maximum Gasteiger partial charge on any atom is 0.255 e. The van der Waals surface area contributed by atoms with Crippen LogP contribution < -0.4 is 24.8 Å². The monoisotopic (exact) mass is 575 g/mol. The summed E-state index contributed by atoms with van der Waals surface area (Å²) in [7, 11) is 4.92. The fourth-order valence-electron chi connectivity index (χ4n) is 3.90. The van der Waals surface area contributed by atoms with Gasteiger partial charge in [0.05, 0.1) is 32.3 Å². The maximum absolute atomic E-state index is 12.8. The number of hydrogen-bond acceptors (Lipinski definition) is 8. The Bertz CT molecular complexity index is 1490. The Hall–Kier alpha value is -4.51. The first kappa shape index (κ1) is 29.5. The minimum Gasteiger partial charge on any atom is -0.497 e. The topological polar surface area (TPSA) is 117 Å². The van der Waals surface area contributed by atoms with E-state index in [1.165, 1.54) is 18.9 Å². The molecule has 3 aromatic carbocycles. The molecule has 0 aliphatic carbocycles. The Balaban J connectivity index is 1.37. The molecule has 0 fully saturated rings. The molecule has 4 rings (SSSR count). The number of hydrogen-bond donors (Lipinski definition) is 2. The van der Waals surface area contributed by atoms with Crippen LogP contribution in [-0.4, -0.2) is 53.2 Å². The quantitative estimate of drug-likeness (QED) is 0.155. The fraction of sp³-hybridized carbons (Fsp3) is 0.267. The fourth-order valence-corrected chi connectivity index (χ4v) is 4.61. The number of carbonyl (C=O) groups is 2. The summed E-state index contributed by atoms with van der Waals surface area (Å²) in [5.74, 6) is 2.15. The molecule has 0 radical (unpaired) electrons. The molecular weight excluding hydrogens is 542 g/mol. The number of benzene rings is 3. The highest BCUT2D eigenvalue weighted by molar-refractivity contribution is 7.99. The minimum absolute atomic E-state index is 0.116. The number of nitrogens with one attached hydrogen (secondary N) is 2. The maximum atomic E-state index is 12.8. The summed E-state index contributed by atoms with van der Waals surface area (Å²) < 4.78 is 18.0. The van der Waals surface area contributed by atoms with Crippen molar-refractivity contribution >= 4 is 35.0 Å². The molecule has 0 aliphatic rings. The van der Waals surface area contributed by atoms with Gasteiger partial charge in [-0.25, -0.2) is 0 Å². The molecule has 214 valence electrons. The van der Waals surface area contributed by atoms with Gasteiger partial charge in [0.15, 0.2) is 11.0 Å². The van der Waals surface area contributed by atoms with Crippen LogP contribution in [-0.2, 0) is 11.8 Å². The van der Waals surface area contributed by atoms with Crippen molar-refractivity contribution in [3.63, 3.8) is 0 Å². The molecule has 0 bridgehead atoms. The van der Waals surface area contributed by atoms with Crippen molar-refractivity contribution in [3.8, 4) is 28.6 Å². The summed E-state index contributed by atoms with van der Waals surface area (Å²) in [5, 5.41) is 14.9. The Morgan fingerprint density at radius 3 is 2.44 bits per heavy atom. The first-order valence-corrected chi connectivity index (χ1v) is 14.1. The summed E-state index contributed by atoms with van der Waals surface area (Å²) in [5.41, 5.74) is 2.45. The lowest BCUT2D eigenvalue weighted by Gasteiger charge is -2.11. The second-order valence-electron chi connectivity index (χ2n) is 9.03. The van der Waals surface area contributed by atoms with Crippen LogP contribution in [0, 0.1) is 0 Å². The molecule has 0 saturated heterocycles. The van der Waals surface area contributed by atoms with Gasteiger partial charge >= 0.3 is 0 Å². The van der Waals surface area contributed by atoms with Gasteiger partial charge in [0.1, 0.15) is 17.2 Å². The first-order chi connectivity index (χ1) is 19.9. The van der Waals surface area contributed by atoms with Gasteiger partial charge in [0, 0.05) is 29.9 Å². The molecule has 0 unspecified atom stereocenters. The van der Waals surface area contributed by atoms with Crippen molar-refractivity contribution < 1.29 is 23.8 Å². The van der Waals surface area contributed by atoms with Crippen molar-refractivity contribution in [2.75, 3.05) is 37.2 Å². The average molecular weight is 576 g/mol. The number of unbranched alkanes of at least 4 members (excludes halogenated alkanes) is 1. The van der Waals surface area contributed by atoms with E-state index >= 15 is 0 Å². The van der Waals surface area contributed by atoms with Gasteiger partial charge in [-0.1, -0.05) is 37.2 Å². The zero-order valence-corrected chi connectivity index (χ0v) is 24.3. The van der Waals surface area contributed by atoms with E-state index in [1.807, 2.05) is 35.9 Å². The van der Waals surface area contributed by atoms with Crippen LogP contribution in [0.25, 0.3) is 11.4 Å². The molecule has 1 aromatic heterocycles. The van der Waals surface area contributed by atoms with Crippen LogP contribution in [0.4, 0.5) is 11.4 Å². The van der Waals surface area contributed by atoms with E-state index in [4.69, 9.17) is 14.2 Å². The number of carbonyl (C=O) groups excluding carboxylic acids is 2. The summed E-state index contributed by atoms with van der Waals surface area (Å²) in [6.07, 6.45) is 2.05. The molecule has 2 N–H and O–H groups in total. The Kier molecular flexibility index (Phi) is 10.2. The van der Waals surface area contributed by atoms with Gasteiger partial charge < -0.3 is 29.4 Å². The summed E-state index contributed by atoms with van der Waals surface area (Å²) >= 11 is 1.26. The minimum atomic E-state index is -0.227. The van der Waals surface area contributed by atoms with Crippen molar-refractivity contribution in [3.05, 3.63) is 72.3 Å². The van der Waals surface area contributed by atoms with Gasteiger partial charge in [-0.2, -0.15) is 0 Å². The van der Waals surface area contributed by atoms with Gasteiger partial charge in [-0.15, -0.1) is 10.2 Å². The Labute approximate surface area is 243 Å². The lowest BCUT2D eigenvalue weighted by molar-refractivity contribution is -0.113. The predicted octanol–water partition coefficient (Wildman–Crippen LogP) is 5.66. The third kappa shape index (κ3) is 7.79. The number of aromatic nitrogens is 3. The van der Waals surface area contributed by atoms with Crippen molar-refractivity contribution in [1.29, 1.82) is 0 Å². The van der Waals surface area contributed by atoms with Crippen LogP contribution in [0.1, 0.15) is 30.1 Å². The third-order valence-corrected chi connectivity index (χ3v) is 7.13. The van der Waals surface area contributed by atoms with Crippen molar-refractivity contribution in [1.82, 2.24) is 14.8 Å². The molecule has 4 aromatic rings. The highest BCUT2D eigenvalue weighted by Gasteiger charge is 2.15. The van der Waals surface area contributed by atoms with Crippen LogP contribution in [0.2, 0.25) is 0 Å². The molecule has 0 atom stereocenters. The lowest BCUT2D eigenvalue weighted by atomic mass is 10.1. The molecule has 2 amide bonds. The first-order valence-electron chi connectivity index (χ1n) is 13.1. The molecule has 41 heavy (non-hydrogen) atoms. The van der Waals surface area contributed by atoms with Gasteiger partial charge in [-0.05, 0) is 55.0 Å². The zero-order chi connectivity index (χ0) is 29.2. The van der Waals surface area contributed by atoms with Crippen molar-refractivity contribution in [2.24, 2.45) is 7.05 Å². The average Bonchev–Trinajstić information content (AvgIpc) is 3.36. The molecule has 0 saturated carbocycles. The van der Waals surface area contributed by atoms with E-state index in [9.17, 15) is 9.59 Å². The summed E-state index contributed by atoms with van der Waals surface area (Å²) in [6, 6.07) is 19.6. The van der Waals surface area contributed by atoms with Crippen LogP contribution >= 0.6 is 11.8 Å². The van der Waals surface area contributed by atoms with Crippen LogP contribution in [0.15, 0.2) is 71.9 Å². The van der Waals surface area contributed by atoms with Crippen LogP contribution in [0.3, 0.4) is 0 Å².